The van der Waals surface area contributed by atoms with Crippen LogP contribution in [0.3, 0.4) is 0 Å². The molecule has 2 fully saturated rings. The van der Waals surface area contributed by atoms with Gasteiger partial charge in [-0.2, -0.15) is 0 Å². The molecular weight excluding hydrogens is 493 g/mol. The molecule has 33 heavy (non-hydrogen) atoms. The van der Waals surface area contributed by atoms with Gasteiger partial charge in [0.1, 0.15) is 5.91 Å². The van der Waals surface area contributed by atoms with Crippen LogP contribution in [0.5, 0.6) is 0 Å². The number of benzene rings is 2. The summed E-state index contributed by atoms with van der Waals surface area (Å²) in [6.45, 7) is 4.16. The van der Waals surface area contributed by atoms with Crippen LogP contribution in [0.4, 0.5) is 0 Å². The maximum atomic E-state index is 13.3. The molecule has 1 spiro atoms. The zero-order valence-corrected chi connectivity index (χ0v) is 21.5. The van der Waals surface area contributed by atoms with Gasteiger partial charge in [0.2, 0.25) is 5.91 Å². The molecule has 2 amide bonds. The summed E-state index contributed by atoms with van der Waals surface area (Å²) in [5.74, 6) is -0.820. The Morgan fingerprint density at radius 1 is 1.00 bits per heavy atom. The molecule has 7 heteroatoms. The van der Waals surface area contributed by atoms with Gasteiger partial charge in [0, 0.05) is 70.7 Å². The molecule has 3 aliphatic rings. The first-order valence-electron chi connectivity index (χ1n) is 11.2. The molecule has 2 aromatic carbocycles. The second-order valence-corrected chi connectivity index (χ2v) is 8.51. The van der Waals surface area contributed by atoms with E-state index in [0.717, 1.165) is 17.5 Å². The van der Waals surface area contributed by atoms with E-state index in [1.807, 2.05) is 42.5 Å². The molecular formula is C26H27N2O4Y-. The fraction of sp³-hybridized carbons (Fsp3) is 0.346. The van der Waals surface area contributed by atoms with E-state index in [9.17, 15) is 9.59 Å². The molecule has 1 radical (unpaired) electrons. The predicted molar refractivity (Wildman–Crippen MR) is 121 cm³/mol. The van der Waals surface area contributed by atoms with E-state index in [0.29, 0.717) is 51.3 Å². The molecule has 6 nitrogen and oxygen atoms in total. The van der Waals surface area contributed by atoms with Gasteiger partial charge in [-0.05, 0) is 29.2 Å². The van der Waals surface area contributed by atoms with E-state index in [2.05, 4.69) is 18.2 Å². The van der Waals surface area contributed by atoms with Crippen molar-refractivity contribution in [3.8, 4) is 0 Å². The predicted octanol–water partition coefficient (Wildman–Crippen LogP) is 3.27. The standard InChI is InChI=1S/C26H27N2O4.Y/c29-24(27-13-10-26(11-14-27)31-15-16-32-26)19-28-12-4-7-22-9-8-21(18-23(22)25(28)30)17-20-5-2-1-3-6-20;/h1-9,18-19H,10-17H2;/q-1;. The van der Waals surface area contributed by atoms with Crippen molar-refractivity contribution in [2.45, 2.75) is 25.0 Å². The molecule has 3 aliphatic heterocycles. The first kappa shape index (κ1) is 24.1. The van der Waals surface area contributed by atoms with Gasteiger partial charge in [-0.1, -0.05) is 54.6 Å². The Hall–Kier alpha value is -1.99. The largest absolute Gasteiger partial charge is 0.462 e. The third kappa shape index (κ3) is 5.41. The Labute approximate surface area is 219 Å². The number of ether oxygens (including phenoxy) is 2. The molecule has 0 unspecified atom stereocenters. The van der Waals surface area contributed by atoms with E-state index in [1.165, 1.54) is 17.0 Å². The fourth-order valence-corrected chi connectivity index (χ4v) is 4.59. The van der Waals surface area contributed by atoms with Crippen molar-refractivity contribution in [2.75, 3.05) is 32.8 Å². The zero-order valence-electron chi connectivity index (χ0n) is 18.6. The van der Waals surface area contributed by atoms with Crippen molar-refractivity contribution in [1.82, 2.24) is 9.80 Å². The Balaban J connectivity index is 0.00000259. The molecule has 2 saturated heterocycles. The molecule has 3 heterocycles. The maximum Gasteiger partial charge on any atom is 0.228 e. The number of carbonyl (C=O) groups is 2. The Kier molecular flexibility index (Phi) is 7.70. The van der Waals surface area contributed by atoms with Gasteiger partial charge in [-0.25, -0.2) is 6.54 Å². The summed E-state index contributed by atoms with van der Waals surface area (Å²) in [6.07, 6.45) is 5.96. The molecule has 0 aromatic heterocycles. The molecule has 0 aliphatic carbocycles. The van der Waals surface area contributed by atoms with Crippen molar-refractivity contribution in [3.63, 3.8) is 0 Å². The Morgan fingerprint density at radius 2 is 1.73 bits per heavy atom. The smallest absolute Gasteiger partial charge is 0.228 e. The average molecular weight is 520 g/mol. The quantitative estimate of drug-likeness (QED) is 0.581. The first-order chi connectivity index (χ1) is 15.6. The van der Waals surface area contributed by atoms with Crippen molar-refractivity contribution >= 4 is 17.9 Å². The number of nitrogens with zero attached hydrogens (tertiary/aromatic N) is 2. The fourth-order valence-electron chi connectivity index (χ4n) is 4.59. The molecule has 0 saturated carbocycles. The number of rotatable bonds is 4. The van der Waals surface area contributed by atoms with Crippen LogP contribution in [0.25, 0.3) is 6.08 Å². The van der Waals surface area contributed by atoms with E-state index < -0.39 is 5.79 Å². The number of piperidine rings is 1. The van der Waals surface area contributed by atoms with Gasteiger partial charge in [-0.3, -0.25) is 4.79 Å². The van der Waals surface area contributed by atoms with Crippen LogP contribution in [0, 0.1) is 6.54 Å². The molecule has 2 aromatic rings. The second-order valence-electron chi connectivity index (χ2n) is 8.51. The van der Waals surface area contributed by atoms with E-state index in [4.69, 9.17) is 9.47 Å². The maximum absolute atomic E-state index is 13.3. The van der Waals surface area contributed by atoms with Crippen molar-refractivity contribution in [2.24, 2.45) is 0 Å². The summed E-state index contributed by atoms with van der Waals surface area (Å²) < 4.78 is 11.5. The topological polar surface area (TPSA) is 59.1 Å². The van der Waals surface area contributed by atoms with Gasteiger partial charge in [0.15, 0.2) is 5.79 Å². The summed E-state index contributed by atoms with van der Waals surface area (Å²) >= 11 is 0. The minimum atomic E-state index is -0.522. The summed E-state index contributed by atoms with van der Waals surface area (Å²) in [5.41, 5.74) is 3.77. The van der Waals surface area contributed by atoms with Crippen LogP contribution in [-0.4, -0.2) is 60.2 Å². The van der Waals surface area contributed by atoms with E-state index in [1.54, 1.807) is 4.90 Å². The number of hydrogen-bond acceptors (Lipinski definition) is 4. The number of carbonyl (C=O) groups excluding carboxylic acids is 2. The van der Waals surface area contributed by atoms with Gasteiger partial charge < -0.3 is 24.1 Å². The van der Waals surface area contributed by atoms with Gasteiger partial charge in [0.05, 0.1) is 13.2 Å². The Morgan fingerprint density at radius 3 is 2.45 bits per heavy atom. The molecule has 169 valence electrons. The van der Waals surface area contributed by atoms with Crippen LogP contribution in [0.15, 0.2) is 54.6 Å². The van der Waals surface area contributed by atoms with Crippen molar-refractivity contribution in [1.29, 1.82) is 0 Å². The number of amides is 2. The SMILES string of the molecule is O=C1c2cc(Cc3ccccc3)ccc2C=CCN1[CH-]C(=O)N1CCC2(CC1)OCCO2.[Y]. The monoisotopic (exact) mass is 520 g/mol. The van der Waals surface area contributed by atoms with E-state index in [-0.39, 0.29) is 44.5 Å². The zero-order chi connectivity index (χ0) is 22.0. The van der Waals surface area contributed by atoms with Crippen LogP contribution >= 0.6 is 0 Å². The first-order valence-corrected chi connectivity index (χ1v) is 11.2. The van der Waals surface area contributed by atoms with Crippen LogP contribution in [0.1, 0.15) is 39.9 Å². The molecule has 0 atom stereocenters. The molecule has 0 N–H and O–H groups in total. The normalized spacial score (nSPS) is 19.1. The summed E-state index contributed by atoms with van der Waals surface area (Å²) in [6, 6.07) is 16.2. The summed E-state index contributed by atoms with van der Waals surface area (Å²) in [7, 11) is 0. The van der Waals surface area contributed by atoms with Crippen LogP contribution < -0.4 is 0 Å². The number of hydrogen-bond donors (Lipinski definition) is 0. The van der Waals surface area contributed by atoms with Gasteiger partial charge >= 0.3 is 0 Å². The third-order valence-electron chi connectivity index (χ3n) is 6.38. The van der Waals surface area contributed by atoms with Crippen LogP contribution in [-0.2, 0) is 53.4 Å². The third-order valence-corrected chi connectivity index (χ3v) is 6.38. The molecule has 5 rings (SSSR count). The number of likely N-dealkylation sites (tertiary alicyclic amines) is 1. The number of fused-ring (bicyclic) bond motifs is 1. The van der Waals surface area contributed by atoms with Crippen LogP contribution in [0.2, 0.25) is 0 Å². The Bertz CT molecular complexity index is 1020. The summed E-state index contributed by atoms with van der Waals surface area (Å²) in [5, 5.41) is 0. The van der Waals surface area contributed by atoms with E-state index >= 15 is 0 Å². The molecule has 0 bridgehead atoms. The second kappa shape index (κ2) is 10.5. The van der Waals surface area contributed by atoms with Crippen molar-refractivity contribution < 1.29 is 51.8 Å². The van der Waals surface area contributed by atoms with Gasteiger partial charge in [-0.15, -0.1) is 0 Å². The van der Waals surface area contributed by atoms with Gasteiger partial charge in [0.25, 0.3) is 0 Å². The minimum absolute atomic E-state index is 0. The van der Waals surface area contributed by atoms with Crippen molar-refractivity contribution in [3.05, 3.63) is 83.4 Å². The minimum Gasteiger partial charge on any atom is -0.462 e. The average Bonchev–Trinajstić information content (AvgIpc) is 3.21. The summed E-state index contributed by atoms with van der Waals surface area (Å²) in [4.78, 5) is 29.5.